The Kier molecular flexibility index (Phi) is 5.60. The molecule has 0 spiro atoms. The molecule has 144 valence electrons. The number of guanidine groups is 1. The van der Waals surface area contributed by atoms with Gasteiger partial charge >= 0.3 is 0 Å². The van der Waals surface area contributed by atoms with Gasteiger partial charge in [-0.3, -0.25) is 5.21 Å². The zero-order valence-electron chi connectivity index (χ0n) is 16.5. The van der Waals surface area contributed by atoms with Gasteiger partial charge in [-0.25, -0.2) is 10.5 Å². The van der Waals surface area contributed by atoms with E-state index in [1.807, 2.05) is 30.0 Å². The Balaban J connectivity index is 1.68. The lowest BCUT2D eigenvalue weighted by atomic mass is 9.87. The van der Waals surface area contributed by atoms with E-state index in [9.17, 15) is 5.21 Å². The van der Waals surface area contributed by atoms with Crippen molar-refractivity contribution in [3.8, 4) is 0 Å². The topological polar surface area (TPSA) is 76.9 Å². The number of rotatable bonds is 2. The van der Waals surface area contributed by atoms with Gasteiger partial charge in [-0.15, -0.1) is 5.10 Å². The monoisotopic (exact) mass is 368 g/mol. The maximum Gasteiger partial charge on any atom is 0.223 e. The average Bonchev–Trinajstić information content (AvgIpc) is 2.66. The van der Waals surface area contributed by atoms with Crippen molar-refractivity contribution in [2.45, 2.75) is 33.1 Å². The first-order chi connectivity index (χ1) is 12.9. The Bertz CT molecular complexity index is 789. The highest BCUT2D eigenvalue weighted by atomic mass is 16.5. The summed E-state index contributed by atoms with van der Waals surface area (Å²) < 4.78 is 0. The molecule has 0 atom stereocenters. The molecule has 27 heavy (non-hydrogen) atoms. The van der Waals surface area contributed by atoms with Crippen molar-refractivity contribution in [3.63, 3.8) is 0 Å². The van der Waals surface area contributed by atoms with Gasteiger partial charge in [0.15, 0.2) is 5.82 Å². The molecular formula is C20H28N6O. The summed E-state index contributed by atoms with van der Waals surface area (Å²) in [4.78, 5) is 8.83. The lowest BCUT2D eigenvalue weighted by Crippen LogP contribution is -2.52. The number of nitrogens with zero attached hydrogens (tertiary/aromatic N) is 5. The summed E-state index contributed by atoms with van der Waals surface area (Å²) in [6, 6.07) is 10.1. The van der Waals surface area contributed by atoms with Gasteiger partial charge in [-0.05, 0) is 41.7 Å². The van der Waals surface area contributed by atoms with Crippen molar-refractivity contribution in [3.05, 3.63) is 47.7 Å². The number of piperazine rings is 1. The van der Waals surface area contributed by atoms with E-state index < -0.39 is 0 Å². The van der Waals surface area contributed by atoms with E-state index in [2.05, 4.69) is 58.5 Å². The standard InChI is InChI=1S/C20H28N6O/c1-15-9-10-21-23-18(15)25-11-13-26(14-12-25)19(24-27)22-17-7-5-16(6-8-17)20(2,3)4/h5-10,27H,11-14H2,1-4H3,(H,22,24). The summed E-state index contributed by atoms with van der Waals surface area (Å²) in [6.45, 7) is 11.7. The Morgan fingerprint density at radius 3 is 2.30 bits per heavy atom. The molecule has 0 bridgehead atoms. The minimum Gasteiger partial charge on any atom is -0.351 e. The van der Waals surface area contributed by atoms with Gasteiger partial charge in [-0.1, -0.05) is 32.9 Å². The highest BCUT2D eigenvalue weighted by Gasteiger charge is 2.22. The van der Waals surface area contributed by atoms with E-state index >= 15 is 0 Å². The highest BCUT2D eigenvalue weighted by Crippen LogP contribution is 2.24. The number of aryl methyl sites for hydroxylation is 1. The fraction of sp³-hybridized carbons (Fsp3) is 0.450. The van der Waals surface area contributed by atoms with E-state index in [0.717, 1.165) is 43.2 Å². The molecule has 0 saturated carbocycles. The summed E-state index contributed by atoms with van der Waals surface area (Å²) in [5, 5.41) is 17.8. The van der Waals surface area contributed by atoms with Crippen LogP contribution in [-0.4, -0.2) is 52.4 Å². The molecule has 1 fully saturated rings. The van der Waals surface area contributed by atoms with Gasteiger partial charge in [0.05, 0.1) is 11.9 Å². The minimum absolute atomic E-state index is 0.106. The van der Waals surface area contributed by atoms with E-state index in [1.54, 1.807) is 6.20 Å². The van der Waals surface area contributed by atoms with E-state index in [1.165, 1.54) is 5.56 Å². The van der Waals surface area contributed by atoms with E-state index in [0.29, 0.717) is 5.96 Å². The molecule has 1 aromatic carbocycles. The summed E-state index contributed by atoms with van der Waals surface area (Å²) in [6.07, 6.45) is 1.71. The smallest absolute Gasteiger partial charge is 0.223 e. The molecule has 7 heteroatoms. The molecule has 0 unspecified atom stereocenters. The van der Waals surface area contributed by atoms with Gasteiger partial charge in [0.1, 0.15) is 0 Å². The Morgan fingerprint density at radius 2 is 1.74 bits per heavy atom. The zero-order chi connectivity index (χ0) is 19.4. The Labute approximate surface area is 160 Å². The lowest BCUT2D eigenvalue weighted by Gasteiger charge is -2.36. The predicted octanol–water partition coefficient (Wildman–Crippen LogP) is 2.87. The normalized spacial score (nSPS) is 15.8. The third kappa shape index (κ3) is 4.54. The van der Waals surface area contributed by atoms with Crippen LogP contribution in [0.25, 0.3) is 0 Å². The number of benzene rings is 1. The van der Waals surface area contributed by atoms with Crippen molar-refractivity contribution in [1.82, 2.24) is 20.6 Å². The maximum atomic E-state index is 9.59. The summed E-state index contributed by atoms with van der Waals surface area (Å²) in [5.41, 5.74) is 5.55. The van der Waals surface area contributed by atoms with E-state index in [4.69, 9.17) is 0 Å². The van der Waals surface area contributed by atoms with Crippen LogP contribution < -0.4 is 10.4 Å². The van der Waals surface area contributed by atoms with Crippen molar-refractivity contribution in [2.75, 3.05) is 31.1 Å². The number of aromatic nitrogens is 2. The summed E-state index contributed by atoms with van der Waals surface area (Å²) in [7, 11) is 0. The number of hydroxylamine groups is 1. The molecule has 0 radical (unpaired) electrons. The molecule has 1 aliphatic heterocycles. The molecule has 3 rings (SSSR count). The number of hydrogen-bond acceptors (Lipinski definition) is 5. The van der Waals surface area contributed by atoms with Crippen LogP contribution in [0.4, 0.5) is 11.5 Å². The quantitative estimate of drug-likeness (QED) is 0.482. The van der Waals surface area contributed by atoms with Crippen LogP contribution in [0.5, 0.6) is 0 Å². The van der Waals surface area contributed by atoms with Crippen LogP contribution in [-0.2, 0) is 5.41 Å². The second-order valence-corrected chi connectivity index (χ2v) is 7.86. The first kappa shape index (κ1) is 19.1. The van der Waals surface area contributed by atoms with E-state index in [-0.39, 0.29) is 5.41 Å². The number of nitrogens with one attached hydrogen (secondary N) is 1. The fourth-order valence-electron chi connectivity index (χ4n) is 3.15. The number of hydrogen-bond donors (Lipinski definition) is 2. The highest BCUT2D eigenvalue weighted by molar-refractivity contribution is 5.82. The summed E-state index contributed by atoms with van der Waals surface area (Å²) >= 11 is 0. The molecule has 0 amide bonds. The van der Waals surface area contributed by atoms with Gasteiger partial charge < -0.3 is 9.80 Å². The third-order valence-electron chi connectivity index (χ3n) is 4.84. The third-order valence-corrected chi connectivity index (χ3v) is 4.84. The Hall–Kier alpha value is -2.67. The Morgan fingerprint density at radius 1 is 1.07 bits per heavy atom. The first-order valence-corrected chi connectivity index (χ1v) is 9.26. The van der Waals surface area contributed by atoms with Crippen LogP contribution in [0.2, 0.25) is 0 Å². The molecule has 2 heterocycles. The first-order valence-electron chi connectivity index (χ1n) is 9.26. The molecule has 1 saturated heterocycles. The second kappa shape index (κ2) is 7.92. The van der Waals surface area contributed by atoms with Crippen molar-refractivity contribution < 1.29 is 5.21 Å². The SMILES string of the molecule is Cc1ccnnc1N1CCN(C(=Nc2ccc(C(C)(C)C)cc2)NO)CC1. The average molecular weight is 368 g/mol. The molecular weight excluding hydrogens is 340 g/mol. The number of aliphatic imine (C=N–C) groups is 1. The minimum atomic E-state index is 0.106. The molecule has 0 aliphatic carbocycles. The molecule has 2 N–H and O–H groups in total. The second-order valence-electron chi connectivity index (χ2n) is 7.86. The number of anilines is 1. The van der Waals surface area contributed by atoms with Crippen LogP contribution in [0.3, 0.4) is 0 Å². The fourth-order valence-corrected chi connectivity index (χ4v) is 3.15. The van der Waals surface area contributed by atoms with Crippen LogP contribution in [0, 0.1) is 6.92 Å². The molecule has 1 aromatic heterocycles. The van der Waals surface area contributed by atoms with Gasteiger partial charge in [0.2, 0.25) is 5.96 Å². The lowest BCUT2D eigenvalue weighted by molar-refractivity contribution is 0.207. The van der Waals surface area contributed by atoms with Crippen LogP contribution >= 0.6 is 0 Å². The van der Waals surface area contributed by atoms with Crippen molar-refractivity contribution >= 4 is 17.5 Å². The van der Waals surface area contributed by atoms with Gasteiger partial charge in [0.25, 0.3) is 0 Å². The van der Waals surface area contributed by atoms with Crippen LogP contribution in [0.1, 0.15) is 31.9 Å². The van der Waals surface area contributed by atoms with Gasteiger partial charge in [0, 0.05) is 26.2 Å². The van der Waals surface area contributed by atoms with Gasteiger partial charge in [-0.2, -0.15) is 5.10 Å². The van der Waals surface area contributed by atoms with Crippen molar-refractivity contribution in [1.29, 1.82) is 0 Å². The molecule has 2 aromatic rings. The zero-order valence-corrected chi connectivity index (χ0v) is 16.5. The predicted molar refractivity (Wildman–Crippen MR) is 108 cm³/mol. The molecule has 1 aliphatic rings. The van der Waals surface area contributed by atoms with Crippen LogP contribution in [0.15, 0.2) is 41.5 Å². The van der Waals surface area contributed by atoms with Crippen molar-refractivity contribution in [2.24, 2.45) is 4.99 Å². The maximum absolute atomic E-state index is 9.59. The largest absolute Gasteiger partial charge is 0.351 e. The summed E-state index contributed by atoms with van der Waals surface area (Å²) in [5.74, 6) is 1.39. The molecule has 7 nitrogen and oxygen atoms in total.